The Labute approximate surface area is 213 Å². The summed E-state index contributed by atoms with van der Waals surface area (Å²) in [7, 11) is -2.08. The Morgan fingerprint density at radius 1 is 0.944 bits per heavy atom. The molecule has 36 heavy (non-hydrogen) atoms. The van der Waals surface area contributed by atoms with E-state index in [0.29, 0.717) is 30.8 Å². The molecule has 0 amide bonds. The third-order valence-electron chi connectivity index (χ3n) is 6.07. The number of likely N-dealkylation sites (N-methyl/N-ethyl adjacent to an activating group) is 1. The van der Waals surface area contributed by atoms with Crippen molar-refractivity contribution in [2.24, 2.45) is 0 Å². The third-order valence-corrected chi connectivity index (χ3v) is 7.99. The number of benzene rings is 2. The predicted octanol–water partition coefficient (Wildman–Crippen LogP) is 3.64. The number of carbonyl (C=O) groups excluding carboxylic acids is 2. The summed E-state index contributed by atoms with van der Waals surface area (Å²) in [6, 6.07) is 10.8. The minimum Gasteiger partial charge on any atom is -0.492 e. The first-order valence-electron chi connectivity index (χ1n) is 12.4. The number of Topliss-reactive ketones (excluding diaryl/α,β-unsaturated/α-hetero) is 2. The quantitative estimate of drug-likeness (QED) is 0.427. The largest absolute Gasteiger partial charge is 0.492 e. The van der Waals surface area contributed by atoms with E-state index >= 15 is 0 Å². The van der Waals surface area contributed by atoms with Gasteiger partial charge < -0.3 is 4.74 Å². The van der Waals surface area contributed by atoms with E-state index in [1.165, 1.54) is 22.5 Å². The summed E-state index contributed by atoms with van der Waals surface area (Å²) in [5.74, 6) is -0.365. The summed E-state index contributed by atoms with van der Waals surface area (Å²) in [5, 5.41) is 0. The van der Waals surface area contributed by atoms with Crippen LogP contribution < -0.4 is 4.74 Å². The summed E-state index contributed by atoms with van der Waals surface area (Å²) < 4.78 is 47.3. The van der Waals surface area contributed by atoms with Crippen LogP contribution in [-0.4, -0.2) is 69.0 Å². The standard InChI is InChI=1S/C27H35FN2O5S/c1-3-35-26-12-11-22(18-27(26)36(33,34)30-13-6-4-5-7-14-30)17-25(32)20-29(2)19-24(31)16-21-9-8-10-23(28)15-21/h8-12,15,18H,3-7,13-14,16-17,19-20H2,1-2H3. The van der Waals surface area contributed by atoms with Crippen molar-refractivity contribution in [2.75, 3.05) is 39.8 Å². The van der Waals surface area contributed by atoms with E-state index in [2.05, 4.69) is 0 Å². The summed E-state index contributed by atoms with van der Waals surface area (Å²) in [6.45, 7) is 3.17. The predicted molar refractivity (Wildman–Crippen MR) is 136 cm³/mol. The molecule has 0 bridgehead atoms. The lowest BCUT2D eigenvalue weighted by Gasteiger charge is -2.22. The molecule has 0 saturated carbocycles. The second kappa shape index (κ2) is 13.1. The van der Waals surface area contributed by atoms with E-state index in [4.69, 9.17) is 4.74 Å². The van der Waals surface area contributed by atoms with Crippen LogP contribution in [0.3, 0.4) is 0 Å². The molecule has 0 aromatic heterocycles. The number of ether oxygens (including phenoxy) is 1. The third kappa shape index (κ3) is 7.94. The zero-order valence-electron chi connectivity index (χ0n) is 21.0. The van der Waals surface area contributed by atoms with Crippen molar-refractivity contribution < 1.29 is 27.1 Å². The topological polar surface area (TPSA) is 84.0 Å². The Bertz CT molecular complexity index is 1160. The molecular weight excluding hydrogens is 483 g/mol. The molecule has 7 nitrogen and oxygen atoms in total. The first-order valence-corrected chi connectivity index (χ1v) is 13.9. The molecule has 0 spiro atoms. The number of carbonyl (C=O) groups is 2. The summed E-state index contributed by atoms with van der Waals surface area (Å²) in [6.07, 6.45) is 3.80. The molecule has 3 rings (SSSR count). The van der Waals surface area contributed by atoms with Crippen LogP contribution in [0.4, 0.5) is 4.39 Å². The number of hydrogen-bond acceptors (Lipinski definition) is 6. The number of rotatable bonds is 12. The van der Waals surface area contributed by atoms with Gasteiger partial charge in [0.05, 0.1) is 19.7 Å². The fourth-order valence-corrected chi connectivity index (χ4v) is 6.13. The Kier molecular flexibility index (Phi) is 10.2. The van der Waals surface area contributed by atoms with Crippen molar-refractivity contribution >= 4 is 21.6 Å². The molecule has 1 saturated heterocycles. The van der Waals surface area contributed by atoms with Gasteiger partial charge in [0.1, 0.15) is 16.5 Å². The molecule has 0 aliphatic carbocycles. The number of hydrogen-bond donors (Lipinski definition) is 0. The van der Waals surface area contributed by atoms with Crippen LogP contribution in [0.2, 0.25) is 0 Å². The van der Waals surface area contributed by atoms with Gasteiger partial charge in [-0.1, -0.05) is 31.0 Å². The number of sulfonamides is 1. The summed E-state index contributed by atoms with van der Waals surface area (Å²) in [4.78, 5) is 26.8. The summed E-state index contributed by atoms with van der Waals surface area (Å²) in [5.41, 5.74) is 1.17. The average Bonchev–Trinajstić information content (AvgIpc) is 3.10. The molecule has 2 aromatic rings. The molecule has 1 heterocycles. The van der Waals surface area contributed by atoms with Crippen LogP contribution in [0.1, 0.15) is 43.7 Å². The molecule has 9 heteroatoms. The van der Waals surface area contributed by atoms with E-state index in [9.17, 15) is 22.4 Å². The van der Waals surface area contributed by atoms with Gasteiger partial charge in [-0.25, -0.2) is 12.8 Å². The van der Waals surface area contributed by atoms with E-state index in [1.807, 2.05) is 0 Å². The highest BCUT2D eigenvalue weighted by Gasteiger charge is 2.29. The van der Waals surface area contributed by atoms with E-state index in [-0.39, 0.29) is 48.1 Å². The molecule has 0 radical (unpaired) electrons. The highest BCUT2D eigenvalue weighted by atomic mass is 32.2. The molecule has 0 N–H and O–H groups in total. The minimum atomic E-state index is -3.75. The zero-order chi connectivity index (χ0) is 26.1. The summed E-state index contributed by atoms with van der Waals surface area (Å²) >= 11 is 0. The van der Waals surface area contributed by atoms with Crippen molar-refractivity contribution in [1.82, 2.24) is 9.21 Å². The Balaban J connectivity index is 1.65. The lowest BCUT2D eigenvalue weighted by atomic mass is 10.1. The van der Waals surface area contributed by atoms with E-state index < -0.39 is 15.8 Å². The van der Waals surface area contributed by atoms with E-state index in [0.717, 1.165) is 25.7 Å². The van der Waals surface area contributed by atoms with E-state index in [1.54, 1.807) is 43.1 Å². The van der Waals surface area contributed by atoms with Gasteiger partial charge in [0.25, 0.3) is 0 Å². The van der Waals surface area contributed by atoms with Crippen LogP contribution in [0.5, 0.6) is 5.75 Å². The minimum absolute atomic E-state index is 0.0380. The second-order valence-electron chi connectivity index (χ2n) is 9.27. The van der Waals surface area contributed by atoms with Crippen LogP contribution in [0.15, 0.2) is 47.4 Å². The first kappa shape index (κ1) is 28.0. The molecule has 1 aliphatic heterocycles. The smallest absolute Gasteiger partial charge is 0.246 e. The van der Waals surface area contributed by atoms with Crippen LogP contribution >= 0.6 is 0 Å². The van der Waals surface area contributed by atoms with Crippen molar-refractivity contribution in [3.05, 3.63) is 59.4 Å². The zero-order valence-corrected chi connectivity index (χ0v) is 21.9. The fraction of sp³-hybridized carbons (Fsp3) is 0.481. The highest BCUT2D eigenvalue weighted by Crippen LogP contribution is 2.30. The molecule has 0 unspecified atom stereocenters. The molecule has 0 atom stereocenters. The lowest BCUT2D eigenvalue weighted by Crippen LogP contribution is -2.33. The number of nitrogens with zero attached hydrogens (tertiary/aromatic N) is 2. The monoisotopic (exact) mass is 518 g/mol. The Morgan fingerprint density at radius 3 is 2.14 bits per heavy atom. The number of ketones is 2. The van der Waals surface area contributed by atoms with Gasteiger partial charge in [0.2, 0.25) is 10.0 Å². The molecule has 2 aromatic carbocycles. The maximum Gasteiger partial charge on any atom is 0.246 e. The first-order chi connectivity index (χ1) is 17.2. The maximum absolute atomic E-state index is 13.4. The van der Waals surface area contributed by atoms with Crippen molar-refractivity contribution in [3.8, 4) is 5.75 Å². The highest BCUT2D eigenvalue weighted by molar-refractivity contribution is 7.89. The van der Waals surface area contributed by atoms with Gasteiger partial charge in [0.15, 0.2) is 11.6 Å². The molecule has 196 valence electrons. The normalized spacial score (nSPS) is 15.0. The van der Waals surface area contributed by atoms with Crippen LogP contribution in [0.25, 0.3) is 0 Å². The molecule has 1 fully saturated rings. The van der Waals surface area contributed by atoms with Gasteiger partial charge in [-0.15, -0.1) is 0 Å². The number of halogens is 1. The van der Waals surface area contributed by atoms with Crippen LogP contribution in [-0.2, 0) is 32.5 Å². The van der Waals surface area contributed by atoms with Crippen molar-refractivity contribution in [1.29, 1.82) is 0 Å². The SMILES string of the molecule is CCOc1ccc(CC(=O)CN(C)CC(=O)Cc2cccc(F)c2)cc1S(=O)(=O)N1CCCCCC1. The Hall–Kier alpha value is -2.62. The Morgan fingerprint density at radius 2 is 1.56 bits per heavy atom. The van der Waals surface area contributed by atoms with Gasteiger partial charge >= 0.3 is 0 Å². The lowest BCUT2D eigenvalue weighted by molar-refractivity contribution is -0.121. The molecule has 1 aliphatic rings. The van der Waals surface area contributed by atoms with Crippen molar-refractivity contribution in [2.45, 2.75) is 50.3 Å². The van der Waals surface area contributed by atoms with Gasteiger partial charge in [-0.2, -0.15) is 4.31 Å². The average molecular weight is 519 g/mol. The van der Waals surface area contributed by atoms with Gasteiger partial charge in [-0.3, -0.25) is 14.5 Å². The second-order valence-corrected chi connectivity index (χ2v) is 11.2. The van der Waals surface area contributed by atoms with Gasteiger partial charge in [0, 0.05) is 25.9 Å². The van der Waals surface area contributed by atoms with Crippen molar-refractivity contribution in [3.63, 3.8) is 0 Å². The fourth-order valence-electron chi connectivity index (χ4n) is 4.43. The van der Waals surface area contributed by atoms with Gasteiger partial charge in [-0.05, 0) is 62.2 Å². The maximum atomic E-state index is 13.4. The molecular formula is C27H35FN2O5S. The van der Waals surface area contributed by atoms with Crippen LogP contribution in [0, 0.1) is 5.82 Å².